The summed E-state index contributed by atoms with van der Waals surface area (Å²) in [6.45, 7) is 9.45. The van der Waals surface area contributed by atoms with Crippen molar-refractivity contribution in [2.24, 2.45) is 10.8 Å². The standard InChI is InChI=1S/C10H22N4S/c1-4-12-9(13-11)14-6-5-10(2,3)15-8-7-14/h4-8,11H2,1-3H3,(H,12,13). The summed E-state index contributed by atoms with van der Waals surface area (Å²) in [5.41, 5.74) is 2.69. The highest BCUT2D eigenvalue weighted by atomic mass is 32.2. The van der Waals surface area contributed by atoms with Crippen molar-refractivity contribution in [1.29, 1.82) is 0 Å². The van der Waals surface area contributed by atoms with E-state index in [4.69, 9.17) is 5.84 Å². The number of nitrogens with one attached hydrogen (secondary N) is 1. The molecule has 1 aliphatic rings. The van der Waals surface area contributed by atoms with Gasteiger partial charge >= 0.3 is 0 Å². The van der Waals surface area contributed by atoms with Crippen LogP contribution in [0.3, 0.4) is 0 Å². The number of hydrazine groups is 1. The highest BCUT2D eigenvalue weighted by Gasteiger charge is 2.24. The maximum absolute atomic E-state index is 5.48. The predicted octanol–water partition coefficient (Wildman–Crippen LogP) is 1.04. The number of rotatable bonds is 1. The zero-order chi connectivity index (χ0) is 11.3. The first-order valence-corrected chi connectivity index (χ1v) is 6.47. The van der Waals surface area contributed by atoms with Gasteiger partial charge in [-0.1, -0.05) is 13.8 Å². The van der Waals surface area contributed by atoms with Crippen molar-refractivity contribution < 1.29 is 0 Å². The van der Waals surface area contributed by atoms with Crippen LogP contribution in [0, 0.1) is 0 Å². The van der Waals surface area contributed by atoms with Crippen LogP contribution in [0.2, 0.25) is 0 Å². The fourth-order valence-corrected chi connectivity index (χ4v) is 2.72. The van der Waals surface area contributed by atoms with E-state index in [1.165, 1.54) is 6.42 Å². The molecule has 0 aromatic heterocycles. The number of nitrogens with zero attached hydrogens (tertiary/aromatic N) is 2. The largest absolute Gasteiger partial charge is 0.341 e. The minimum atomic E-state index is 0.376. The topological polar surface area (TPSA) is 53.6 Å². The van der Waals surface area contributed by atoms with E-state index in [0.717, 1.165) is 31.3 Å². The first-order valence-electron chi connectivity index (χ1n) is 5.49. The fraction of sp³-hybridized carbons (Fsp3) is 0.900. The maximum atomic E-state index is 5.48. The number of hydrogen-bond donors (Lipinski definition) is 2. The molecule has 0 radical (unpaired) electrons. The maximum Gasteiger partial charge on any atom is 0.208 e. The SMILES string of the molecule is CCN=C(NN)N1CCSC(C)(C)CC1. The molecule has 0 amide bonds. The van der Waals surface area contributed by atoms with Gasteiger partial charge in [0.1, 0.15) is 0 Å². The molecule has 0 aromatic rings. The lowest BCUT2D eigenvalue weighted by atomic mass is 10.1. The normalized spacial score (nSPS) is 22.4. The third kappa shape index (κ3) is 3.91. The van der Waals surface area contributed by atoms with Crippen LogP contribution in [-0.4, -0.2) is 41.0 Å². The van der Waals surface area contributed by atoms with Crippen molar-refractivity contribution >= 4 is 17.7 Å². The molecule has 0 spiro atoms. The molecule has 0 bridgehead atoms. The average Bonchev–Trinajstić information content (AvgIpc) is 2.36. The molecule has 3 N–H and O–H groups in total. The van der Waals surface area contributed by atoms with Crippen LogP contribution >= 0.6 is 11.8 Å². The first kappa shape index (κ1) is 12.6. The number of guanidine groups is 1. The molecule has 0 atom stereocenters. The second-order valence-electron chi connectivity index (χ2n) is 4.29. The summed E-state index contributed by atoms with van der Waals surface area (Å²) in [6, 6.07) is 0. The molecule has 1 rings (SSSR count). The van der Waals surface area contributed by atoms with E-state index in [0.29, 0.717) is 4.75 Å². The van der Waals surface area contributed by atoms with Gasteiger partial charge in [0, 0.05) is 30.1 Å². The van der Waals surface area contributed by atoms with Gasteiger partial charge < -0.3 is 4.90 Å². The van der Waals surface area contributed by atoms with Gasteiger partial charge in [-0.05, 0) is 13.3 Å². The zero-order valence-electron chi connectivity index (χ0n) is 9.92. The quantitative estimate of drug-likeness (QED) is 0.306. The number of nitrogens with two attached hydrogens (primary N) is 1. The lowest BCUT2D eigenvalue weighted by molar-refractivity contribution is 0.408. The van der Waals surface area contributed by atoms with Crippen molar-refractivity contribution in [1.82, 2.24) is 10.3 Å². The van der Waals surface area contributed by atoms with Gasteiger partial charge in [0.15, 0.2) is 0 Å². The summed E-state index contributed by atoms with van der Waals surface area (Å²) in [5.74, 6) is 7.44. The third-order valence-corrected chi connectivity index (χ3v) is 3.95. The second kappa shape index (κ2) is 5.61. The van der Waals surface area contributed by atoms with Crippen LogP contribution < -0.4 is 11.3 Å². The van der Waals surface area contributed by atoms with E-state index in [1.54, 1.807) is 0 Å². The summed E-state index contributed by atoms with van der Waals surface area (Å²) in [7, 11) is 0. The van der Waals surface area contributed by atoms with E-state index in [2.05, 4.69) is 29.2 Å². The molecule has 0 unspecified atom stereocenters. The highest BCUT2D eigenvalue weighted by molar-refractivity contribution is 8.00. The molecule has 0 saturated carbocycles. The van der Waals surface area contributed by atoms with Crippen LogP contribution in [-0.2, 0) is 0 Å². The van der Waals surface area contributed by atoms with E-state index in [-0.39, 0.29) is 0 Å². The molecule has 1 aliphatic heterocycles. The molecular formula is C10H22N4S. The van der Waals surface area contributed by atoms with Crippen molar-refractivity contribution in [2.75, 3.05) is 25.4 Å². The van der Waals surface area contributed by atoms with Gasteiger partial charge in [-0.2, -0.15) is 11.8 Å². The van der Waals surface area contributed by atoms with Crippen LogP contribution in [0.15, 0.2) is 4.99 Å². The Morgan fingerprint density at radius 3 is 2.87 bits per heavy atom. The van der Waals surface area contributed by atoms with Gasteiger partial charge in [-0.3, -0.25) is 10.4 Å². The Hall–Kier alpha value is -0.420. The number of thioether (sulfide) groups is 1. The van der Waals surface area contributed by atoms with Crippen LogP contribution in [0.5, 0.6) is 0 Å². The van der Waals surface area contributed by atoms with Crippen molar-refractivity contribution in [3.05, 3.63) is 0 Å². The van der Waals surface area contributed by atoms with E-state index in [1.807, 2.05) is 18.7 Å². The molecule has 0 aromatic carbocycles. The highest BCUT2D eigenvalue weighted by Crippen LogP contribution is 2.30. The van der Waals surface area contributed by atoms with Crippen molar-refractivity contribution in [2.45, 2.75) is 31.9 Å². The number of aliphatic imine (C=N–C) groups is 1. The molecular weight excluding hydrogens is 208 g/mol. The zero-order valence-corrected chi connectivity index (χ0v) is 10.7. The van der Waals surface area contributed by atoms with Gasteiger partial charge in [-0.25, -0.2) is 5.84 Å². The molecule has 1 heterocycles. The average molecular weight is 230 g/mol. The number of hydrogen-bond acceptors (Lipinski definition) is 3. The predicted molar refractivity (Wildman–Crippen MR) is 68.0 cm³/mol. The van der Waals surface area contributed by atoms with Crippen molar-refractivity contribution in [3.63, 3.8) is 0 Å². The van der Waals surface area contributed by atoms with Crippen LogP contribution in [0.25, 0.3) is 0 Å². The molecule has 88 valence electrons. The monoisotopic (exact) mass is 230 g/mol. The Bertz CT molecular complexity index is 227. The second-order valence-corrected chi connectivity index (χ2v) is 6.09. The lowest BCUT2D eigenvalue weighted by Crippen LogP contribution is -2.46. The molecule has 15 heavy (non-hydrogen) atoms. The molecule has 0 aliphatic carbocycles. The van der Waals surface area contributed by atoms with E-state index >= 15 is 0 Å². The van der Waals surface area contributed by atoms with E-state index < -0.39 is 0 Å². The minimum absolute atomic E-state index is 0.376. The van der Waals surface area contributed by atoms with E-state index in [9.17, 15) is 0 Å². The summed E-state index contributed by atoms with van der Waals surface area (Å²) in [6.07, 6.45) is 1.17. The Balaban J connectivity index is 2.60. The Kier molecular flexibility index (Phi) is 4.73. The Morgan fingerprint density at radius 1 is 1.53 bits per heavy atom. The van der Waals surface area contributed by atoms with Crippen molar-refractivity contribution in [3.8, 4) is 0 Å². The summed E-state index contributed by atoms with van der Waals surface area (Å²) < 4.78 is 0.376. The molecule has 4 nitrogen and oxygen atoms in total. The fourth-order valence-electron chi connectivity index (χ4n) is 1.62. The first-order chi connectivity index (χ1) is 7.09. The molecule has 1 saturated heterocycles. The Labute approximate surface area is 96.7 Å². The summed E-state index contributed by atoms with van der Waals surface area (Å²) in [4.78, 5) is 6.59. The van der Waals surface area contributed by atoms with Gasteiger partial charge in [0.25, 0.3) is 0 Å². The Morgan fingerprint density at radius 2 is 2.27 bits per heavy atom. The third-order valence-electron chi connectivity index (χ3n) is 2.57. The lowest BCUT2D eigenvalue weighted by Gasteiger charge is -2.24. The van der Waals surface area contributed by atoms with Gasteiger partial charge in [0.2, 0.25) is 5.96 Å². The van der Waals surface area contributed by atoms with Gasteiger partial charge in [-0.15, -0.1) is 0 Å². The van der Waals surface area contributed by atoms with Crippen LogP contribution in [0.1, 0.15) is 27.2 Å². The van der Waals surface area contributed by atoms with Gasteiger partial charge in [0.05, 0.1) is 0 Å². The summed E-state index contributed by atoms with van der Waals surface area (Å²) in [5, 5.41) is 0. The van der Waals surface area contributed by atoms with Crippen LogP contribution in [0.4, 0.5) is 0 Å². The minimum Gasteiger partial charge on any atom is -0.341 e. The summed E-state index contributed by atoms with van der Waals surface area (Å²) >= 11 is 2.03. The molecule has 5 heteroatoms. The molecule has 1 fully saturated rings. The smallest absolute Gasteiger partial charge is 0.208 e.